The highest BCUT2D eigenvalue weighted by Gasteiger charge is 2.37. The van der Waals surface area contributed by atoms with Gasteiger partial charge < -0.3 is 5.32 Å². The van der Waals surface area contributed by atoms with E-state index in [1.54, 1.807) is 0 Å². The minimum absolute atomic E-state index is 0.872. The molecule has 2 aliphatic carbocycles. The van der Waals surface area contributed by atoms with E-state index >= 15 is 0 Å². The maximum absolute atomic E-state index is 3.86. The Bertz CT molecular complexity index is 178. The van der Waals surface area contributed by atoms with Gasteiger partial charge in [-0.1, -0.05) is 33.1 Å². The third kappa shape index (κ3) is 2.50. The Morgan fingerprint density at radius 2 is 2.00 bits per heavy atom. The summed E-state index contributed by atoms with van der Waals surface area (Å²) in [5.41, 5.74) is 0. The van der Waals surface area contributed by atoms with Crippen molar-refractivity contribution in [1.29, 1.82) is 0 Å². The molecule has 2 saturated carbocycles. The van der Waals surface area contributed by atoms with Crippen LogP contribution in [0.3, 0.4) is 0 Å². The van der Waals surface area contributed by atoms with Gasteiger partial charge in [0.05, 0.1) is 0 Å². The molecule has 2 fully saturated rings. The lowest BCUT2D eigenvalue weighted by atomic mass is 9.97. The van der Waals surface area contributed by atoms with Crippen LogP contribution in [0, 0.1) is 11.8 Å². The average Bonchev–Trinajstić information content (AvgIpc) is 2.70. The van der Waals surface area contributed by atoms with Crippen molar-refractivity contribution < 1.29 is 0 Å². The summed E-state index contributed by atoms with van der Waals surface area (Å²) < 4.78 is 0. The van der Waals surface area contributed by atoms with Crippen LogP contribution in [0.25, 0.3) is 0 Å². The molecule has 1 nitrogen and oxygen atoms in total. The third-order valence-corrected chi connectivity index (χ3v) is 4.13. The zero-order valence-corrected chi connectivity index (χ0v) is 9.76. The van der Waals surface area contributed by atoms with Gasteiger partial charge in [-0.2, -0.15) is 0 Å². The molecule has 2 rings (SSSR count). The van der Waals surface area contributed by atoms with Crippen LogP contribution in [-0.4, -0.2) is 12.1 Å². The highest BCUT2D eigenvalue weighted by Crippen LogP contribution is 2.35. The predicted octanol–water partition coefficient (Wildman–Crippen LogP) is 3.34. The van der Waals surface area contributed by atoms with Crippen LogP contribution in [0.2, 0.25) is 0 Å². The maximum atomic E-state index is 3.86. The van der Waals surface area contributed by atoms with Gasteiger partial charge in [-0.15, -0.1) is 0 Å². The van der Waals surface area contributed by atoms with Crippen LogP contribution in [0.4, 0.5) is 0 Å². The summed E-state index contributed by atoms with van der Waals surface area (Å²) in [7, 11) is 0. The van der Waals surface area contributed by atoms with E-state index in [-0.39, 0.29) is 0 Å². The Morgan fingerprint density at radius 3 is 2.64 bits per heavy atom. The number of hydrogen-bond donors (Lipinski definition) is 1. The molecule has 2 aliphatic rings. The monoisotopic (exact) mass is 195 g/mol. The van der Waals surface area contributed by atoms with Gasteiger partial charge in [0.1, 0.15) is 0 Å². The zero-order chi connectivity index (χ0) is 9.97. The number of hydrogen-bond acceptors (Lipinski definition) is 1. The molecule has 0 aromatic heterocycles. The molecular weight excluding hydrogens is 170 g/mol. The van der Waals surface area contributed by atoms with Gasteiger partial charge in [-0.25, -0.2) is 0 Å². The van der Waals surface area contributed by atoms with Gasteiger partial charge in [-0.3, -0.25) is 0 Å². The molecule has 0 aromatic rings. The summed E-state index contributed by atoms with van der Waals surface area (Å²) in [5.74, 6) is 1.96. The first-order valence-corrected chi connectivity index (χ1v) is 6.57. The van der Waals surface area contributed by atoms with E-state index in [1.807, 2.05) is 0 Å². The van der Waals surface area contributed by atoms with Crippen molar-refractivity contribution in [3.63, 3.8) is 0 Å². The van der Waals surface area contributed by atoms with Crippen molar-refractivity contribution >= 4 is 0 Å². The highest BCUT2D eigenvalue weighted by atomic mass is 15.0. The molecule has 4 atom stereocenters. The average molecular weight is 195 g/mol. The Hall–Kier alpha value is -0.0400. The SMILES string of the molecule is CCCCC1CCCC1NC1CC1C. The van der Waals surface area contributed by atoms with E-state index in [0.717, 1.165) is 23.9 Å². The minimum Gasteiger partial charge on any atom is -0.311 e. The molecule has 82 valence electrons. The van der Waals surface area contributed by atoms with Crippen molar-refractivity contribution in [1.82, 2.24) is 5.32 Å². The lowest BCUT2D eigenvalue weighted by molar-refractivity contribution is 0.363. The molecule has 4 unspecified atom stereocenters. The molecule has 0 heterocycles. The van der Waals surface area contributed by atoms with E-state index in [2.05, 4.69) is 19.2 Å². The summed E-state index contributed by atoms with van der Waals surface area (Å²) in [6, 6.07) is 1.75. The van der Waals surface area contributed by atoms with Gasteiger partial charge >= 0.3 is 0 Å². The largest absolute Gasteiger partial charge is 0.311 e. The molecule has 0 aliphatic heterocycles. The first-order chi connectivity index (χ1) is 6.81. The van der Waals surface area contributed by atoms with Crippen LogP contribution < -0.4 is 5.32 Å². The molecule has 1 N–H and O–H groups in total. The summed E-state index contributed by atoms with van der Waals surface area (Å²) in [4.78, 5) is 0. The number of nitrogens with one attached hydrogen (secondary N) is 1. The number of rotatable bonds is 5. The van der Waals surface area contributed by atoms with Gasteiger partial charge in [0.15, 0.2) is 0 Å². The summed E-state index contributed by atoms with van der Waals surface area (Å²) in [6.45, 7) is 4.67. The van der Waals surface area contributed by atoms with Gasteiger partial charge in [0.2, 0.25) is 0 Å². The number of unbranched alkanes of at least 4 members (excludes halogenated alkanes) is 1. The van der Waals surface area contributed by atoms with Crippen molar-refractivity contribution in [2.45, 2.75) is 70.9 Å². The van der Waals surface area contributed by atoms with Gasteiger partial charge in [0, 0.05) is 12.1 Å². The minimum atomic E-state index is 0.872. The molecule has 0 aromatic carbocycles. The smallest absolute Gasteiger partial charge is 0.00990 e. The second-order valence-electron chi connectivity index (χ2n) is 5.43. The first kappa shape index (κ1) is 10.5. The highest BCUT2D eigenvalue weighted by molar-refractivity contribution is 4.95. The molecule has 0 bridgehead atoms. The van der Waals surface area contributed by atoms with E-state index in [9.17, 15) is 0 Å². The van der Waals surface area contributed by atoms with Gasteiger partial charge in [0.25, 0.3) is 0 Å². The molecule has 1 heteroatoms. The van der Waals surface area contributed by atoms with E-state index in [0.29, 0.717) is 0 Å². The predicted molar refractivity (Wildman–Crippen MR) is 61.4 cm³/mol. The summed E-state index contributed by atoms with van der Waals surface area (Å²) in [6.07, 6.45) is 10.1. The fourth-order valence-corrected chi connectivity index (χ4v) is 2.90. The maximum Gasteiger partial charge on any atom is 0.00990 e. The van der Waals surface area contributed by atoms with Crippen LogP contribution in [0.1, 0.15) is 58.8 Å². The van der Waals surface area contributed by atoms with E-state index < -0.39 is 0 Å². The first-order valence-electron chi connectivity index (χ1n) is 6.57. The molecule has 0 spiro atoms. The van der Waals surface area contributed by atoms with Crippen molar-refractivity contribution in [2.24, 2.45) is 11.8 Å². The standard InChI is InChI=1S/C13H25N/c1-3-4-6-11-7-5-8-12(11)14-13-9-10(13)2/h10-14H,3-9H2,1-2H3. The molecule has 0 saturated heterocycles. The Morgan fingerprint density at radius 1 is 1.21 bits per heavy atom. The second kappa shape index (κ2) is 4.65. The molecule has 14 heavy (non-hydrogen) atoms. The van der Waals surface area contributed by atoms with Crippen LogP contribution in [-0.2, 0) is 0 Å². The second-order valence-corrected chi connectivity index (χ2v) is 5.43. The van der Waals surface area contributed by atoms with Crippen molar-refractivity contribution in [3.05, 3.63) is 0 Å². The Kier molecular flexibility index (Phi) is 3.48. The zero-order valence-electron chi connectivity index (χ0n) is 9.76. The molecular formula is C13H25N. The van der Waals surface area contributed by atoms with Crippen molar-refractivity contribution in [2.75, 3.05) is 0 Å². The normalized spacial score (nSPS) is 41.6. The molecule has 0 amide bonds. The Labute approximate surface area is 88.7 Å². The summed E-state index contributed by atoms with van der Waals surface area (Å²) in [5, 5.41) is 3.86. The van der Waals surface area contributed by atoms with Gasteiger partial charge in [-0.05, 0) is 37.5 Å². The Balaban J connectivity index is 1.72. The third-order valence-electron chi connectivity index (χ3n) is 4.13. The summed E-state index contributed by atoms with van der Waals surface area (Å²) >= 11 is 0. The molecule has 0 radical (unpaired) electrons. The van der Waals surface area contributed by atoms with Crippen LogP contribution in [0.15, 0.2) is 0 Å². The van der Waals surface area contributed by atoms with E-state index in [4.69, 9.17) is 0 Å². The lowest BCUT2D eigenvalue weighted by Crippen LogP contribution is -2.34. The van der Waals surface area contributed by atoms with E-state index in [1.165, 1.54) is 44.9 Å². The van der Waals surface area contributed by atoms with Crippen LogP contribution in [0.5, 0.6) is 0 Å². The fraction of sp³-hybridized carbons (Fsp3) is 1.00. The van der Waals surface area contributed by atoms with Crippen molar-refractivity contribution in [3.8, 4) is 0 Å². The lowest BCUT2D eigenvalue weighted by Gasteiger charge is -2.20. The fourth-order valence-electron chi connectivity index (χ4n) is 2.90. The quantitative estimate of drug-likeness (QED) is 0.709. The van der Waals surface area contributed by atoms with Crippen LogP contribution >= 0.6 is 0 Å². The topological polar surface area (TPSA) is 12.0 Å².